The van der Waals surface area contributed by atoms with Crippen LogP contribution in [0, 0.1) is 13.7 Å². The highest BCUT2D eigenvalue weighted by Crippen LogP contribution is 2.34. The molecule has 1 aliphatic heterocycles. The molecule has 0 amide bonds. The van der Waals surface area contributed by atoms with Gasteiger partial charge in [-0.05, 0) is 35.6 Å². The fourth-order valence-corrected chi connectivity index (χ4v) is 2.96. The molecule has 0 bridgehead atoms. The van der Waals surface area contributed by atoms with Gasteiger partial charge in [-0.2, -0.15) is 0 Å². The van der Waals surface area contributed by atoms with Gasteiger partial charge in [0.15, 0.2) is 0 Å². The van der Waals surface area contributed by atoms with Crippen LogP contribution in [0.25, 0.3) is 0 Å². The third kappa shape index (κ3) is 3.18. The lowest BCUT2D eigenvalue weighted by Gasteiger charge is -2.48. The zero-order chi connectivity index (χ0) is 14.9. The summed E-state index contributed by atoms with van der Waals surface area (Å²) in [5, 5.41) is 19.3. The van der Waals surface area contributed by atoms with Gasteiger partial charge in [0, 0.05) is 28.8 Å². The molecule has 1 heterocycles. The van der Waals surface area contributed by atoms with Crippen molar-refractivity contribution in [2.45, 2.75) is 12.5 Å². The molecule has 0 saturated carbocycles. The highest BCUT2D eigenvalue weighted by atomic mass is 127. The van der Waals surface area contributed by atoms with Crippen molar-refractivity contribution in [1.29, 1.82) is 0 Å². The summed E-state index contributed by atoms with van der Waals surface area (Å²) in [6.07, 6.45) is 0. The molecule has 1 aromatic carbocycles. The Morgan fingerprint density at radius 1 is 1.60 bits per heavy atom. The Labute approximate surface area is 128 Å². The van der Waals surface area contributed by atoms with Crippen LogP contribution in [-0.2, 0) is 9.53 Å². The number of hydrogen-bond donors (Lipinski definition) is 1. The van der Waals surface area contributed by atoms with E-state index in [0.717, 1.165) is 9.26 Å². The van der Waals surface area contributed by atoms with Crippen LogP contribution in [-0.4, -0.2) is 41.3 Å². The summed E-state index contributed by atoms with van der Waals surface area (Å²) >= 11 is 2.05. The minimum Gasteiger partial charge on any atom is -0.480 e. The van der Waals surface area contributed by atoms with Gasteiger partial charge in [0.25, 0.3) is 5.69 Å². The largest absolute Gasteiger partial charge is 0.480 e. The third-order valence-electron chi connectivity index (χ3n) is 3.08. The normalized spacial score (nSPS) is 16.6. The van der Waals surface area contributed by atoms with Crippen molar-refractivity contribution in [3.8, 4) is 0 Å². The molecule has 7 nitrogen and oxygen atoms in total. The van der Waals surface area contributed by atoms with Crippen LogP contribution in [0.3, 0.4) is 0 Å². The summed E-state index contributed by atoms with van der Waals surface area (Å²) in [6.45, 7) is 2.66. The van der Waals surface area contributed by atoms with E-state index in [1.54, 1.807) is 6.07 Å². The van der Waals surface area contributed by atoms with Gasteiger partial charge in [-0.3, -0.25) is 10.1 Å². The lowest BCUT2D eigenvalue weighted by atomic mass is 9.95. The predicted octanol–water partition coefficient (Wildman–Crippen LogP) is 1.88. The highest BCUT2D eigenvalue weighted by Gasteiger charge is 2.41. The summed E-state index contributed by atoms with van der Waals surface area (Å²) in [6, 6.07) is 4.69. The van der Waals surface area contributed by atoms with Crippen LogP contribution in [0.5, 0.6) is 0 Å². The van der Waals surface area contributed by atoms with E-state index < -0.39 is 16.5 Å². The molecule has 1 saturated heterocycles. The first kappa shape index (κ1) is 15.0. The summed E-state index contributed by atoms with van der Waals surface area (Å²) in [4.78, 5) is 22.8. The molecule has 1 aromatic rings. The van der Waals surface area contributed by atoms with E-state index in [9.17, 15) is 14.9 Å². The van der Waals surface area contributed by atoms with Crippen LogP contribution in [0.2, 0.25) is 0 Å². The van der Waals surface area contributed by atoms with Gasteiger partial charge in [0.2, 0.25) is 0 Å². The number of carboxylic acid groups (broad SMARTS) is 1. The maximum atomic E-state index is 10.7. The molecule has 108 valence electrons. The Hall–Kier alpha value is -1.42. The van der Waals surface area contributed by atoms with E-state index in [0.29, 0.717) is 13.1 Å². The minimum atomic E-state index is -0.991. The van der Waals surface area contributed by atoms with Crippen LogP contribution >= 0.6 is 22.6 Å². The van der Waals surface area contributed by atoms with Crippen molar-refractivity contribution in [1.82, 2.24) is 0 Å². The molecule has 0 spiro atoms. The van der Waals surface area contributed by atoms with Gasteiger partial charge in [-0.15, -0.1) is 0 Å². The highest BCUT2D eigenvalue weighted by molar-refractivity contribution is 14.1. The molecular formula is C12H13IN2O5. The van der Waals surface area contributed by atoms with E-state index in [1.807, 2.05) is 11.8 Å². The number of ether oxygens (including phenoxy) is 1. The Bertz CT molecular complexity index is 557. The smallest absolute Gasteiger partial charge is 0.329 e. The second kappa shape index (κ2) is 5.52. The minimum absolute atomic E-state index is 0.0589. The molecule has 0 unspecified atom stereocenters. The van der Waals surface area contributed by atoms with Crippen molar-refractivity contribution in [2.24, 2.45) is 0 Å². The summed E-state index contributed by atoms with van der Waals surface area (Å²) in [5.74, 6) is -0.991. The number of aliphatic carboxylic acids is 1. The van der Waals surface area contributed by atoms with E-state index >= 15 is 0 Å². The first-order chi connectivity index (χ1) is 9.31. The van der Waals surface area contributed by atoms with Gasteiger partial charge in [-0.1, -0.05) is 0 Å². The molecule has 1 aliphatic rings. The first-order valence-electron chi connectivity index (χ1n) is 5.85. The number of hydrogen-bond acceptors (Lipinski definition) is 5. The first-order valence-corrected chi connectivity index (χ1v) is 6.93. The number of carbonyl (C=O) groups is 1. The molecule has 1 fully saturated rings. The molecule has 0 aliphatic carbocycles. The number of carboxylic acids is 1. The van der Waals surface area contributed by atoms with Gasteiger partial charge >= 0.3 is 5.97 Å². The van der Waals surface area contributed by atoms with Crippen molar-refractivity contribution >= 4 is 39.9 Å². The maximum Gasteiger partial charge on any atom is 0.329 e. The number of non-ortho nitro benzene ring substituents is 1. The van der Waals surface area contributed by atoms with Crippen molar-refractivity contribution in [2.75, 3.05) is 24.6 Å². The second-order valence-corrected chi connectivity index (χ2v) is 6.04. The van der Waals surface area contributed by atoms with Crippen LogP contribution in [0.4, 0.5) is 11.4 Å². The summed E-state index contributed by atoms with van der Waals surface area (Å²) < 4.78 is 6.12. The SMILES string of the molecule is CC1(OCC(=O)O)CN(c2ccc([N+](=O)[O-])cc2I)C1. The standard InChI is InChI=1S/C12H13IN2O5/c1-12(20-5-11(16)17)6-14(7-12)10-3-2-8(15(18)19)4-9(10)13/h2-4H,5-7H2,1H3,(H,16,17). The molecule has 20 heavy (non-hydrogen) atoms. The number of rotatable bonds is 5. The Morgan fingerprint density at radius 2 is 2.25 bits per heavy atom. The zero-order valence-corrected chi connectivity index (χ0v) is 12.9. The summed E-state index contributed by atoms with van der Waals surface area (Å²) in [5.41, 5.74) is 0.472. The predicted molar refractivity (Wildman–Crippen MR) is 80.0 cm³/mol. The van der Waals surface area contributed by atoms with E-state index in [2.05, 4.69) is 22.6 Å². The third-order valence-corrected chi connectivity index (χ3v) is 3.94. The number of benzene rings is 1. The maximum absolute atomic E-state index is 10.7. The summed E-state index contributed by atoms with van der Waals surface area (Å²) in [7, 11) is 0. The molecule has 8 heteroatoms. The van der Waals surface area contributed by atoms with Crippen LogP contribution in [0.15, 0.2) is 18.2 Å². The van der Waals surface area contributed by atoms with E-state index in [1.165, 1.54) is 12.1 Å². The molecule has 1 N–H and O–H groups in total. The average Bonchev–Trinajstić information content (AvgIpc) is 2.33. The lowest BCUT2D eigenvalue weighted by molar-refractivity contribution is -0.384. The molecule has 0 aromatic heterocycles. The fraction of sp³-hybridized carbons (Fsp3) is 0.417. The van der Waals surface area contributed by atoms with Crippen LogP contribution < -0.4 is 4.90 Å². The monoisotopic (exact) mass is 392 g/mol. The topological polar surface area (TPSA) is 92.9 Å². The van der Waals surface area contributed by atoms with Crippen molar-refractivity contribution in [3.63, 3.8) is 0 Å². The number of nitro benzene ring substituents is 1. The average molecular weight is 392 g/mol. The Balaban J connectivity index is 2.02. The van der Waals surface area contributed by atoms with Crippen molar-refractivity contribution < 1.29 is 19.6 Å². The van der Waals surface area contributed by atoms with E-state index in [4.69, 9.17) is 9.84 Å². The van der Waals surface area contributed by atoms with E-state index in [-0.39, 0.29) is 12.3 Å². The fourth-order valence-electron chi connectivity index (χ4n) is 2.12. The van der Waals surface area contributed by atoms with Crippen LogP contribution in [0.1, 0.15) is 6.92 Å². The van der Waals surface area contributed by atoms with Gasteiger partial charge in [0.1, 0.15) is 12.2 Å². The molecular weight excluding hydrogens is 379 g/mol. The van der Waals surface area contributed by atoms with Gasteiger partial charge in [-0.25, -0.2) is 4.79 Å². The number of anilines is 1. The lowest BCUT2D eigenvalue weighted by Crippen LogP contribution is -2.62. The Morgan fingerprint density at radius 3 is 2.75 bits per heavy atom. The van der Waals surface area contributed by atoms with Gasteiger partial charge < -0.3 is 14.7 Å². The second-order valence-electron chi connectivity index (χ2n) is 4.88. The number of halogens is 1. The quantitative estimate of drug-likeness (QED) is 0.467. The number of nitro groups is 1. The molecule has 2 rings (SSSR count). The van der Waals surface area contributed by atoms with Gasteiger partial charge in [0.05, 0.1) is 10.6 Å². The Kier molecular flexibility index (Phi) is 4.14. The number of nitrogens with zero attached hydrogens (tertiary/aromatic N) is 2. The van der Waals surface area contributed by atoms with Crippen molar-refractivity contribution in [3.05, 3.63) is 31.9 Å². The zero-order valence-electron chi connectivity index (χ0n) is 10.7. The molecule has 0 radical (unpaired) electrons. The molecule has 0 atom stereocenters.